The topological polar surface area (TPSA) is 105 Å². The highest BCUT2D eigenvalue weighted by Crippen LogP contribution is 2.08. The quantitative estimate of drug-likeness (QED) is 0.590. The van der Waals surface area contributed by atoms with E-state index in [2.05, 4.69) is 5.32 Å². The standard InChI is InChI=1S/C20H23NO6/c22-18(11-21-20(25)27-13-16-9-5-2-6-10-16)17(19(23)24)14-26-12-15-7-3-1-4-8-15/h1-10,17-18,22H,11-14H2,(H,21,25)(H,23,24)/t17-,18-/m0/s1. The lowest BCUT2D eigenvalue weighted by atomic mass is 10.0. The molecule has 2 atom stereocenters. The van der Waals surface area contributed by atoms with Crippen LogP contribution < -0.4 is 5.32 Å². The first-order chi connectivity index (χ1) is 13.1. The van der Waals surface area contributed by atoms with Crippen LogP contribution >= 0.6 is 0 Å². The third kappa shape index (κ3) is 7.47. The zero-order valence-electron chi connectivity index (χ0n) is 14.8. The number of aliphatic carboxylic acids is 1. The van der Waals surface area contributed by atoms with Crippen molar-refractivity contribution in [3.63, 3.8) is 0 Å². The van der Waals surface area contributed by atoms with Crippen molar-refractivity contribution in [2.75, 3.05) is 13.2 Å². The summed E-state index contributed by atoms with van der Waals surface area (Å²) < 4.78 is 10.4. The number of amides is 1. The summed E-state index contributed by atoms with van der Waals surface area (Å²) in [6.45, 7) is -0.0966. The van der Waals surface area contributed by atoms with E-state index >= 15 is 0 Å². The third-order valence-electron chi connectivity index (χ3n) is 3.86. The zero-order valence-corrected chi connectivity index (χ0v) is 14.8. The number of carbonyl (C=O) groups is 2. The number of nitrogens with one attached hydrogen (secondary N) is 1. The van der Waals surface area contributed by atoms with Crippen molar-refractivity contribution in [2.24, 2.45) is 5.92 Å². The summed E-state index contributed by atoms with van der Waals surface area (Å²) in [5.41, 5.74) is 1.73. The third-order valence-corrected chi connectivity index (χ3v) is 3.86. The van der Waals surface area contributed by atoms with Crippen LogP contribution in [0.15, 0.2) is 60.7 Å². The maximum absolute atomic E-state index is 11.7. The summed E-state index contributed by atoms with van der Waals surface area (Å²) in [6, 6.07) is 18.4. The van der Waals surface area contributed by atoms with Crippen LogP contribution in [0.25, 0.3) is 0 Å². The Hall–Kier alpha value is -2.90. The van der Waals surface area contributed by atoms with Crippen molar-refractivity contribution in [2.45, 2.75) is 19.3 Å². The van der Waals surface area contributed by atoms with Crippen molar-refractivity contribution >= 4 is 12.1 Å². The number of carboxylic acid groups (broad SMARTS) is 1. The van der Waals surface area contributed by atoms with Crippen LogP contribution in [0.2, 0.25) is 0 Å². The lowest BCUT2D eigenvalue weighted by Gasteiger charge is -2.19. The van der Waals surface area contributed by atoms with E-state index in [-0.39, 0.29) is 26.4 Å². The highest BCUT2D eigenvalue weighted by atomic mass is 16.5. The van der Waals surface area contributed by atoms with Gasteiger partial charge in [-0.25, -0.2) is 4.79 Å². The van der Waals surface area contributed by atoms with Gasteiger partial charge in [0.2, 0.25) is 0 Å². The molecule has 0 aromatic heterocycles. The Bertz CT molecular complexity index is 707. The van der Waals surface area contributed by atoms with E-state index < -0.39 is 24.1 Å². The molecule has 2 rings (SSSR count). The van der Waals surface area contributed by atoms with Crippen LogP contribution in [-0.2, 0) is 27.5 Å². The molecule has 3 N–H and O–H groups in total. The van der Waals surface area contributed by atoms with Gasteiger partial charge in [0.15, 0.2) is 0 Å². The Morgan fingerprint density at radius 2 is 1.48 bits per heavy atom. The molecule has 0 radical (unpaired) electrons. The summed E-state index contributed by atoms with van der Waals surface area (Å²) in [4.78, 5) is 23.0. The van der Waals surface area contributed by atoms with Crippen molar-refractivity contribution in [3.05, 3.63) is 71.8 Å². The Balaban J connectivity index is 1.72. The lowest BCUT2D eigenvalue weighted by Crippen LogP contribution is -2.41. The molecule has 0 spiro atoms. The van der Waals surface area contributed by atoms with Crippen molar-refractivity contribution in [3.8, 4) is 0 Å². The zero-order chi connectivity index (χ0) is 19.5. The van der Waals surface area contributed by atoms with E-state index in [1.165, 1.54) is 0 Å². The number of carboxylic acids is 1. The molecule has 7 nitrogen and oxygen atoms in total. The van der Waals surface area contributed by atoms with Gasteiger partial charge in [-0.15, -0.1) is 0 Å². The van der Waals surface area contributed by atoms with Gasteiger partial charge in [-0.3, -0.25) is 4.79 Å². The maximum Gasteiger partial charge on any atom is 0.407 e. The van der Waals surface area contributed by atoms with Crippen molar-refractivity contribution in [1.82, 2.24) is 5.32 Å². The molecular weight excluding hydrogens is 350 g/mol. The van der Waals surface area contributed by atoms with E-state index in [4.69, 9.17) is 9.47 Å². The molecule has 0 aliphatic rings. The Labute approximate surface area is 157 Å². The van der Waals surface area contributed by atoms with Gasteiger partial charge in [-0.2, -0.15) is 0 Å². The van der Waals surface area contributed by atoms with Gasteiger partial charge in [-0.05, 0) is 11.1 Å². The van der Waals surface area contributed by atoms with Crippen molar-refractivity contribution < 1.29 is 29.3 Å². The molecule has 0 bridgehead atoms. The Morgan fingerprint density at radius 1 is 0.926 bits per heavy atom. The second-order valence-electron chi connectivity index (χ2n) is 5.96. The van der Waals surface area contributed by atoms with Gasteiger partial charge in [0.25, 0.3) is 0 Å². The number of rotatable bonds is 10. The maximum atomic E-state index is 11.7. The fraction of sp³-hybridized carbons (Fsp3) is 0.300. The minimum absolute atomic E-state index is 0.0886. The Morgan fingerprint density at radius 3 is 2.04 bits per heavy atom. The number of alkyl carbamates (subject to hydrolysis) is 1. The molecule has 0 fully saturated rings. The predicted molar refractivity (Wildman–Crippen MR) is 97.9 cm³/mol. The number of hydrogen-bond acceptors (Lipinski definition) is 5. The SMILES string of the molecule is O=C(NC[C@H](O)[C@H](COCc1ccccc1)C(=O)O)OCc1ccccc1. The predicted octanol–water partition coefficient (Wildman–Crippen LogP) is 2.19. The molecule has 2 aromatic carbocycles. The molecule has 0 aliphatic carbocycles. The smallest absolute Gasteiger partial charge is 0.407 e. The van der Waals surface area contributed by atoms with E-state index in [9.17, 15) is 19.8 Å². The van der Waals surface area contributed by atoms with E-state index in [0.717, 1.165) is 11.1 Å². The second-order valence-corrected chi connectivity index (χ2v) is 5.96. The van der Waals surface area contributed by atoms with Crippen LogP contribution in [0.4, 0.5) is 4.79 Å². The summed E-state index contributed by atoms with van der Waals surface area (Å²) in [5, 5.41) is 21.7. The van der Waals surface area contributed by atoms with Gasteiger partial charge < -0.3 is 25.0 Å². The molecule has 0 heterocycles. The van der Waals surface area contributed by atoms with Crippen LogP contribution in [-0.4, -0.2) is 41.5 Å². The molecule has 1 amide bonds. The summed E-state index contributed by atoms with van der Waals surface area (Å²) in [7, 11) is 0. The number of carbonyl (C=O) groups excluding carboxylic acids is 1. The van der Waals surface area contributed by atoms with Gasteiger partial charge in [0.05, 0.1) is 19.3 Å². The number of aliphatic hydroxyl groups excluding tert-OH is 1. The number of ether oxygens (including phenoxy) is 2. The van der Waals surface area contributed by atoms with Crippen LogP contribution in [0.1, 0.15) is 11.1 Å². The molecule has 7 heteroatoms. The normalized spacial score (nSPS) is 12.8. The molecule has 144 valence electrons. The van der Waals surface area contributed by atoms with Crippen LogP contribution in [0.3, 0.4) is 0 Å². The Kier molecular flexibility index (Phi) is 8.28. The molecule has 0 unspecified atom stereocenters. The first kappa shape index (κ1) is 20.4. The van der Waals surface area contributed by atoms with E-state index in [0.29, 0.717) is 0 Å². The molecule has 27 heavy (non-hydrogen) atoms. The number of aliphatic hydroxyl groups is 1. The van der Waals surface area contributed by atoms with E-state index in [1.807, 2.05) is 60.7 Å². The minimum Gasteiger partial charge on any atom is -0.481 e. The average molecular weight is 373 g/mol. The van der Waals surface area contributed by atoms with E-state index in [1.54, 1.807) is 0 Å². The molecule has 0 saturated heterocycles. The summed E-state index contributed by atoms with van der Waals surface area (Å²) in [6.07, 6.45) is -2.03. The highest BCUT2D eigenvalue weighted by molar-refractivity contribution is 5.71. The second kappa shape index (κ2) is 10.9. The molecular formula is C20H23NO6. The molecule has 0 aliphatic heterocycles. The average Bonchev–Trinajstić information content (AvgIpc) is 2.69. The summed E-state index contributed by atoms with van der Waals surface area (Å²) in [5.74, 6) is -2.36. The number of hydrogen-bond donors (Lipinski definition) is 3. The van der Waals surface area contributed by atoms with Gasteiger partial charge in [0.1, 0.15) is 12.5 Å². The lowest BCUT2D eigenvalue weighted by molar-refractivity contribution is -0.149. The fourth-order valence-electron chi connectivity index (χ4n) is 2.33. The van der Waals surface area contributed by atoms with Gasteiger partial charge in [-0.1, -0.05) is 60.7 Å². The van der Waals surface area contributed by atoms with Gasteiger partial charge in [0, 0.05) is 6.54 Å². The summed E-state index contributed by atoms with van der Waals surface area (Å²) >= 11 is 0. The monoisotopic (exact) mass is 373 g/mol. The molecule has 0 saturated carbocycles. The molecule has 2 aromatic rings. The first-order valence-corrected chi connectivity index (χ1v) is 8.53. The largest absolute Gasteiger partial charge is 0.481 e. The first-order valence-electron chi connectivity index (χ1n) is 8.53. The highest BCUT2D eigenvalue weighted by Gasteiger charge is 2.27. The fourth-order valence-corrected chi connectivity index (χ4v) is 2.33. The van der Waals surface area contributed by atoms with Crippen molar-refractivity contribution in [1.29, 1.82) is 0 Å². The van der Waals surface area contributed by atoms with Crippen LogP contribution in [0.5, 0.6) is 0 Å². The minimum atomic E-state index is -1.30. The van der Waals surface area contributed by atoms with Gasteiger partial charge >= 0.3 is 12.1 Å². The van der Waals surface area contributed by atoms with Crippen LogP contribution in [0, 0.1) is 5.92 Å². The number of benzene rings is 2.